The zero-order valence-corrected chi connectivity index (χ0v) is 24.4. The Labute approximate surface area is 240 Å². The summed E-state index contributed by atoms with van der Waals surface area (Å²) >= 11 is 3.63. The molecule has 0 saturated carbocycles. The third kappa shape index (κ3) is 3.76. The molecule has 3 aliphatic rings. The zero-order valence-electron chi connectivity index (χ0n) is 22.0. The molecule has 1 spiro atoms. The van der Waals surface area contributed by atoms with Gasteiger partial charge in [0.05, 0.1) is 40.3 Å². The summed E-state index contributed by atoms with van der Waals surface area (Å²) in [6.07, 6.45) is 11.4. The van der Waals surface area contributed by atoms with Crippen LogP contribution in [0, 0.1) is 0 Å². The van der Waals surface area contributed by atoms with E-state index in [-0.39, 0.29) is 17.0 Å². The number of hydrogen-bond acceptors (Lipinski definition) is 7. The average molecular weight is 626 g/mol. The number of pyridine rings is 1. The summed E-state index contributed by atoms with van der Waals surface area (Å²) in [5, 5.41) is 5.24. The molecule has 3 aromatic heterocycles. The van der Waals surface area contributed by atoms with Crippen LogP contribution in [0.25, 0.3) is 11.0 Å². The topological polar surface area (TPSA) is 103 Å². The molecular formula is C28H29BrN6O4S. The highest BCUT2D eigenvalue weighted by Gasteiger charge is 2.53. The Hall–Kier alpha value is -3.22. The van der Waals surface area contributed by atoms with Crippen molar-refractivity contribution in [1.29, 1.82) is 0 Å². The van der Waals surface area contributed by atoms with Crippen molar-refractivity contribution in [1.82, 2.24) is 18.7 Å². The first kappa shape index (κ1) is 25.7. The van der Waals surface area contributed by atoms with Gasteiger partial charge in [-0.15, -0.1) is 0 Å². The van der Waals surface area contributed by atoms with Crippen molar-refractivity contribution in [2.45, 2.75) is 48.6 Å². The van der Waals surface area contributed by atoms with Crippen molar-refractivity contribution >= 4 is 54.3 Å². The summed E-state index contributed by atoms with van der Waals surface area (Å²) in [6.45, 7) is 2.09. The SMILES string of the molecule is CN1C(=O)C2(CCN(c3cnn(C4CCCCO4)c3)CC2)c2c1cnc1c2c(Br)cn1S(=O)(=O)c1ccccc1. The first-order valence-corrected chi connectivity index (χ1v) is 15.7. The normalized spacial score (nSPS) is 20.9. The van der Waals surface area contributed by atoms with Crippen LogP contribution in [0.2, 0.25) is 0 Å². The zero-order chi connectivity index (χ0) is 27.6. The van der Waals surface area contributed by atoms with Crippen molar-refractivity contribution in [3.8, 4) is 0 Å². The minimum Gasteiger partial charge on any atom is -0.369 e. The van der Waals surface area contributed by atoms with Crippen LogP contribution >= 0.6 is 15.9 Å². The van der Waals surface area contributed by atoms with Gasteiger partial charge in [0.15, 0.2) is 5.65 Å². The van der Waals surface area contributed by atoms with E-state index in [9.17, 15) is 13.2 Å². The van der Waals surface area contributed by atoms with Gasteiger partial charge in [0.1, 0.15) is 6.23 Å². The highest BCUT2D eigenvalue weighted by Crippen LogP contribution is 2.52. The predicted octanol–water partition coefficient (Wildman–Crippen LogP) is 4.45. The van der Waals surface area contributed by atoms with Crippen LogP contribution in [-0.4, -0.2) is 59.8 Å². The summed E-state index contributed by atoms with van der Waals surface area (Å²) in [4.78, 5) is 22.6. The number of hydrogen-bond donors (Lipinski definition) is 0. The minimum atomic E-state index is -3.89. The van der Waals surface area contributed by atoms with Gasteiger partial charge < -0.3 is 14.5 Å². The summed E-state index contributed by atoms with van der Waals surface area (Å²) in [5.74, 6) is 0.0216. The van der Waals surface area contributed by atoms with Crippen LogP contribution < -0.4 is 9.80 Å². The molecule has 1 amide bonds. The molecule has 4 aromatic rings. The Balaban J connectivity index is 1.25. The third-order valence-corrected chi connectivity index (χ3v) is 10.9. The van der Waals surface area contributed by atoms with Crippen LogP contribution in [0.1, 0.15) is 43.9 Å². The molecule has 6 heterocycles. The molecule has 208 valence electrons. The van der Waals surface area contributed by atoms with E-state index in [0.717, 1.165) is 42.8 Å². The molecule has 7 rings (SSSR count). The number of aromatic nitrogens is 4. The molecule has 0 N–H and O–H groups in total. The summed E-state index contributed by atoms with van der Waals surface area (Å²) < 4.78 is 36.8. The number of piperidine rings is 1. The Morgan fingerprint density at radius 1 is 1.07 bits per heavy atom. The number of halogens is 1. The highest BCUT2D eigenvalue weighted by molar-refractivity contribution is 9.10. The van der Waals surface area contributed by atoms with Gasteiger partial charge in [-0.25, -0.2) is 22.1 Å². The van der Waals surface area contributed by atoms with Gasteiger partial charge in [-0.1, -0.05) is 18.2 Å². The number of amides is 1. The highest BCUT2D eigenvalue weighted by atomic mass is 79.9. The Morgan fingerprint density at radius 3 is 2.58 bits per heavy atom. The van der Waals surface area contributed by atoms with Gasteiger partial charge in [-0.3, -0.25) is 4.79 Å². The second-order valence-electron chi connectivity index (χ2n) is 10.7. The fraction of sp³-hybridized carbons (Fsp3) is 0.393. The molecule has 2 fully saturated rings. The number of nitrogens with zero attached hydrogens (tertiary/aromatic N) is 6. The van der Waals surface area contributed by atoms with E-state index in [4.69, 9.17) is 4.74 Å². The first-order valence-electron chi connectivity index (χ1n) is 13.5. The molecule has 1 aromatic carbocycles. The number of carbonyl (C=O) groups is 1. The van der Waals surface area contributed by atoms with Crippen LogP contribution in [0.5, 0.6) is 0 Å². The lowest BCUT2D eigenvalue weighted by molar-refractivity contribution is -0.123. The quantitative estimate of drug-likeness (QED) is 0.331. The van der Waals surface area contributed by atoms with Gasteiger partial charge in [0.25, 0.3) is 10.0 Å². The second kappa shape index (κ2) is 9.42. The summed E-state index contributed by atoms with van der Waals surface area (Å²) in [5.41, 5.74) is 2.14. The maximum atomic E-state index is 13.9. The van der Waals surface area contributed by atoms with E-state index in [1.165, 1.54) is 3.97 Å². The van der Waals surface area contributed by atoms with Gasteiger partial charge >= 0.3 is 0 Å². The minimum absolute atomic E-state index is 0.0216. The molecule has 0 bridgehead atoms. The van der Waals surface area contributed by atoms with E-state index in [1.54, 1.807) is 54.7 Å². The molecule has 2 saturated heterocycles. The van der Waals surface area contributed by atoms with Gasteiger partial charge in [-0.2, -0.15) is 5.10 Å². The van der Waals surface area contributed by atoms with Crippen LogP contribution in [0.3, 0.4) is 0 Å². The molecule has 0 radical (unpaired) electrons. The van der Waals surface area contributed by atoms with Crippen molar-refractivity contribution in [3.05, 3.63) is 65.2 Å². The Morgan fingerprint density at radius 2 is 1.85 bits per heavy atom. The standard InChI is InChI=1S/C28H29BrN6O4S/c1-32-22-16-30-26-24(21(29)18-35(26)40(37,38)20-7-3-2-4-8-20)25(22)28(27(32)36)10-12-33(13-11-28)19-15-31-34(17-19)23-9-5-6-14-39-23/h2-4,7-8,15-18,23H,5-6,9-14H2,1H3. The number of ether oxygens (including phenoxy) is 1. The number of rotatable bonds is 4. The van der Waals surface area contributed by atoms with Gasteiger partial charge in [0, 0.05) is 48.4 Å². The lowest BCUT2D eigenvalue weighted by atomic mass is 9.73. The number of fused-ring (bicyclic) bond motifs is 4. The summed E-state index contributed by atoms with van der Waals surface area (Å²) in [7, 11) is -2.11. The molecule has 1 unspecified atom stereocenters. The molecule has 1 atom stereocenters. The molecule has 12 heteroatoms. The van der Waals surface area contributed by atoms with Crippen molar-refractivity contribution in [2.24, 2.45) is 0 Å². The average Bonchev–Trinajstić information content (AvgIpc) is 3.67. The molecule has 10 nitrogen and oxygen atoms in total. The number of benzene rings is 1. The van der Waals surface area contributed by atoms with E-state index in [0.29, 0.717) is 41.4 Å². The fourth-order valence-corrected chi connectivity index (χ4v) is 8.52. The lowest BCUT2D eigenvalue weighted by Gasteiger charge is -2.39. The third-order valence-electron chi connectivity index (χ3n) is 8.59. The maximum Gasteiger partial charge on any atom is 0.269 e. The van der Waals surface area contributed by atoms with E-state index in [1.807, 2.05) is 17.1 Å². The lowest BCUT2D eigenvalue weighted by Crippen LogP contribution is -2.48. The molecule has 40 heavy (non-hydrogen) atoms. The van der Waals surface area contributed by atoms with Gasteiger partial charge in [0.2, 0.25) is 5.91 Å². The van der Waals surface area contributed by atoms with Crippen molar-refractivity contribution in [2.75, 3.05) is 36.5 Å². The fourth-order valence-electron chi connectivity index (χ4n) is 6.47. The van der Waals surface area contributed by atoms with E-state index >= 15 is 0 Å². The smallest absolute Gasteiger partial charge is 0.269 e. The first-order chi connectivity index (χ1) is 19.3. The van der Waals surface area contributed by atoms with Crippen LogP contribution in [0.15, 0.2) is 64.5 Å². The van der Waals surface area contributed by atoms with Crippen molar-refractivity contribution in [3.63, 3.8) is 0 Å². The Kier molecular flexibility index (Phi) is 6.06. The van der Waals surface area contributed by atoms with E-state index in [2.05, 4.69) is 30.9 Å². The molecule has 0 aliphatic carbocycles. The number of carbonyl (C=O) groups excluding carboxylic acids is 1. The maximum absolute atomic E-state index is 13.9. The summed E-state index contributed by atoms with van der Waals surface area (Å²) in [6, 6.07) is 8.31. The number of anilines is 2. The van der Waals surface area contributed by atoms with Crippen LogP contribution in [-0.2, 0) is 25.0 Å². The van der Waals surface area contributed by atoms with E-state index < -0.39 is 15.4 Å². The number of likely N-dealkylation sites (N-methyl/N-ethyl adjacent to an activating group) is 1. The largest absolute Gasteiger partial charge is 0.369 e. The second-order valence-corrected chi connectivity index (χ2v) is 13.4. The van der Waals surface area contributed by atoms with Crippen molar-refractivity contribution < 1.29 is 17.9 Å². The van der Waals surface area contributed by atoms with Gasteiger partial charge in [-0.05, 0) is 60.2 Å². The van der Waals surface area contributed by atoms with Crippen LogP contribution in [0.4, 0.5) is 11.4 Å². The predicted molar refractivity (Wildman–Crippen MR) is 154 cm³/mol. The molecule has 3 aliphatic heterocycles. The Bertz CT molecular complexity index is 1720. The monoisotopic (exact) mass is 624 g/mol. The molecular weight excluding hydrogens is 596 g/mol.